The predicted octanol–water partition coefficient (Wildman–Crippen LogP) is 6.95. The smallest absolute Gasteiger partial charge is 0.338 e. The van der Waals surface area contributed by atoms with E-state index in [4.69, 9.17) is 18.9 Å². The van der Waals surface area contributed by atoms with Crippen molar-refractivity contribution in [3.63, 3.8) is 0 Å². The van der Waals surface area contributed by atoms with Crippen LogP contribution >= 0.6 is 0 Å². The van der Waals surface area contributed by atoms with E-state index in [1.807, 2.05) is 24.3 Å². The Bertz CT molecular complexity index is 1470. The van der Waals surface area contributed by atoms with E-state index in [-0.39, 0.29) is 48.4 Å². The maximum absolute atomic E-state index is 12.7. The van der Waals surface area contributed by atoms with E-state index in [2.05, 4.69) is 40.9 Å². The number of rotatable bonds is 22. The molecule has 0 fully saturated rings. The minimum absolute atomic E-state index is 0.0969. The quantitative estimate of drug-likeness (QED) is 0.0571. The van der Waals surface area contributed by atoms with Gasteiger partial charge in [0.2, 0.25) is 0 Å². The van der Waals surface area contributed by atoms with E-state index in [0.717, 1.165) is 17.5 Å². The molecule has 0 aliphatic heterocycles. The summed E-state index contributed by atoms with van der Waals surface area (Å²) in [6, 6.07) is 14.9. The summed E-state index contributed by atoms with van der Waals surface area (Å²) in [5.74, 6) is -1.92. The Hall–Kier alpha value is -4.28. The molecule has 0 amide bonds. The Morgan fingerprint density at radius 1 is 0.706 bits per heavy atom. The van der Waals surface area contributed by atoms with Crippen LogP contribution in [0.4, 0.5) is 0 Å². The first-order valence-corrected chi connectivity index (χ1v) is 17.6. The summed E-state index contributed by atoms with van der Waals surface area (Å²) in [5.41, 5.74) is 2.88. The first-order chi connectivity index (χ1) is 24.1. The Morgan fingerprint density at radius 2 is 1.18 bits per heavy atom. The van der Waals surface area contributed by atoms with Crippen LogP contribution in [0.15, 0.2) is 72.8 Å². The number of benzene rings is 2. The number of carbonyl (C=O) groups is 4. The molecule has 0 aromatic heterocycles. The van der Waals surface area contributed by atoms with Gasteiger partial charge in [-0.15, -0.1) is 0 Å². The monoisotopic (exact) mass is 708 g/mol. The van der Waals surface area contributed by atoms with E-state index >= 15 is 0 Å². The molecule has 2 aromatic carbocycles. The van der Waals surface area contributed by atoms with Gasteiger partial charge in [0, 0.05) is 16.6 Å². The van der Waals surface area contributed by atoms with Gasteiger partial charge >= 0.3 is 23.9 Å². The van der Waals surface area contributed by atoms with Gasteiger partial charge in [0.1, 0.15) is 12.7 Å². The van der Waals surface area contributed by atoms with Crippen molar-refractivity contribution < 1.29 is 48.3 Å². The summed E-state index contributed by atoms with van der Waals surface area (Å²) in [4.78, 5) is 48.5. The molecule has 0 saturated carbocycles. The van der Waals surface area contributed by atoms with Gasteiger partial charge in [-0.2, -0.15) is 0 Å². The fourth-order valence-electron chi connectivity index (χ4n) is 5.59. The maximum Gasteiger partial charge on any atom is 0.338 e. The van der Waals surface area contributed by atoms with E-state index in [1.54, 1.807) is 38.1 Å². The number of unbranched alkanes of at least 4 members (excludes halogenated alkanes) is 2. The molecular weight excluding hydrogens is 652 g/mol. The summed E-state index contributed by atoms with van der Waals surface area (Å²) in [6.45, 7) is 18.8. The van der Waals surface area contributed by atoms with Crippen molar-refractivity contribution in [3.8, 4) is 0 Å². The lowest BCUT2D eigenvalue weighted by Gasteiger charge is -2.45. The van der Waals surface area contributed by atoms with Gasteiger partial charge in [-0.25, -0.2) is 19.2 Å². The standard InChI is InChI=1S/C41H56O10/c1-9-41(8,33-22-18-31(19-23-33)39(47)49-25-13-11-15-35(26-42)51-37(45)29(4)5)40(6,7)32-20-16-30(17-21-32)38(46)48-24-12-10-14-34(43)27-50-36(44)28(2)3/h16-23,34-35,42-43H,2,4,9-15,24-27H2,1,3,5-8H3. The van der Waals surface area contributed by atoms with Crippen LogP contribution < -0.4 is 0 Å². The zero-order valence-corrected chi connectivity index (χ0v) is 31.1. The number of hydrogen-bond acceptors (Lipinski definition) is 10. The molecule has 3 atom stereocenters. The maximum atomic E-state index is 12.7. The molecule has 3 unspecified atom stereocenters. The molecule has 0 heterocycles. The van der Waals surface area contributed by atoms with Crippen LogP contribution in [0.3, 0.4) is 0 Å². The van der Waals surface area contributed by atoms with Crippen LogP contribution in [0.5, 0.6) is 0 Å². The van der Waals surface area contributed by atoms with Gasteiger partial charge in [0.25, 0.3) is 0 Å². The zero-order chi connectivity index (χ0) is 38.2. The molecule has 10 heteroatoms. The minimum Gasteiger partial charge on any atom is -0.462 e. The fraction of sp³-hybridized carbons (Fsp3) is 0.512. The van der Waals surface area contributed by atoms with Crippen molar-refractivity contribution in [2.75, 3.05) is 26.4 Å². The third kappa shape index (κ3) is 12.8. The van der Waals surface area contributed by atoms with Crippen molar-refractivity contribution in [1.29, 1.82) is 0 Å². The van der Waals surface area contributed by atoms with Crippen molar-refractivity contribution in [2.45, 2.75) is 110 Å². The molecule has 0 radical (unpaired) electrons. The highest BCUT2D eigenvalue weighted by atomic mass is 16.6. The van der Waals surface area contributed by atoms with Crippen LogP contribution in [-0.2, 0) is 39.4 Å². The number of aliphatic hydroxyl groups excluding tert-OH is 2. The highest BCUT2D eigenvalue weighted by molar-refractivity contribution is 5.90. The molecule has 10 nitrogen and oxygen atoms in total. The molecule has 0 aliphatic carbocycles. The van der Waals surface area contributed by atoms with E-state index in [9.17, 15) is 29.4 Å². The average Bonchev–Trinajstić information content (AvgIpc) is 3.12. The van der Waals surface area contributed by atoms with E-state index in [1.165, 1.54) is 0 Å². The van der Waals surface area contributed by atoms with Crippen molar-refractivity contribution >= 4 is 23.9 Å². The summed E-state index contributed by atoms with van der Waals surface area (Å²) >= 11 is 0. The van der Waals surface area contributed by atoms with Crippen LogP contribution in [0.2, 0.25) is 0 Å². The molecule has 2 aromatic rings. The highest BCUT2D eigenvalue weighted by Crippen LogP contribution is 2.46. The molecule has 0 saturated heterocycles. The molecule has 2 rings (SSSR count). The Labute approximate surface area is 302 Å². The average molecular weight is 709 g/mol. The summed E-state index contributed by atoms with van der Waals surface area (Å²) in [6.07, 6.45) is 2.62. The molecular formula is C41H56O10. The molecule has 2 N–H and O–H groups in total. The van der Waals surface area contributed by atoms with Gasteiger partial charge in [-0.05, 0) is 99.6 Å². The minimum atomic E-state index is -0.786. The SMILES string of the molecule is C=C(C)C(=O)OCC(O)CCCCOC(=O)c1ccc(C(C)(C)C(C)(CC)c2ccc(C(=O)OCCCCC(CO)OC(=O)C(=C)C)cc2)cc1. The number of aliphatic hydroxyl groups is 2. The predicted molar refractivity (Wildman–Crippen MR) is 195 cm³/mol. The zero-order valence-electron chi connectivity index (χ0n) is 31.1. The topological polar surface area (TPSA) is 146 Å². The van der Waals surface area contributed by atoms with Crippen molar-refractivity contribution in [2.24, 2.45) is 0 Å². The summed E-state index contributed by atoms with van der Waals surface area (Å²) in [7, 11) is 0. The Balaban J connectivity index is 1.90. The molecule has 0 bridgehead atoms. The second kappa shape index (κ2) is 20.5. The molecule has 0 spiro atoms. The van der Waals surface area contributed by atoms with Crippen LogP contribution in [0, 0.1) is 0 Å². The third-order valence-corrected chi connectivity index (χ3v) is 9.59. The number of esters is 4. The number of hydrogen-bond donors (Lipinski definition) is 2. The van der Waals surface area contributed by atoms with Crippen molar-refractivity contribution in [1.82, 2.24) is 0 Å². The van der Waals surface area contributed by atoms with E-state index < -0.39 is 36.1 Å². The molecule has 51 heavy (non-hydrogen) atoms. The lowest BCUT2D eigenvalue weighted by molar-refractivity contribution is -0.146. The van der Waals surface area contributed by atoms with Crippen LogP contribution in [0.25, 0.3) is 0 Å². The fourth-order valence-corrected chi connectivity index (χ4v) is 5.59. The normalized spacial score (nSPS) is 13.6. The Kier molecular flexibility index (Phi) is 17.3. The molecule has 280 valence electrons. The Morgan fingerprint density at radius 3 is 1.63 bits per heavy atom. The first kappa shape index (κ1) is 42.9. The largest absolute Gasteiger partial charge is 0.462 e. The van der Waals surface area contributed by atoms with Gasteiger partial charge in [-0.3, -0.25) is 0 Å². The second-order valence-corrected chi connectivity index (χ2v) is 13.8. The third-order valence-electron chi connectivity index (χ3n) is 9.59. The number of carbonyl (C=O) groups excluding carboxylic acids is 4. The van der Waals surface area contributed by atoms with Crippen molar-refractivity contribution in [3.05, 3.63) is 95.1 Å². The van der Waals surface area contributed by atoms with Gasteiger partial charge < -0.3 is 29.2 Å². The lowest BCUT2D eigenvalue weighted by atomic mass is 9.58. The summed E-state index contributed by atoms with van der Waals surface area (Å²) in [5, 5.41) is 19.4. The summed E-state index contributed by atoms with van der Waals surface area (Å²) < 4.78 is 21.0. The number of ether oxygens (including phenoxy) is 4. The van der Waals surface area contributed by atoms with Gasteiger partial charge in [0.05, 0.1) is 37.1 Å². The second-order valence-electron chi connectivity index (χ2n) is 13.8. The lowest BCUT2D eigenvalue weighted by Crippen LogP contribution is -2.42. The van der Waals surface area contributed by atoms with Gasteiger partial charge in [0.15, 0.2) is 0 Å². The highest BCUT2D eigenvalue weighted by Gasteiger charge is 2.42. The molecule has 0 aliphatic rings. The van der Waals surface area contributed by atoms with Crippen LogP contribution in [0.1, 0.15) is 118 Å². The van der Waals surface area contributed by atoms with Crippen LogP contribution in [-0.4, -0.2) is 72.7 Å². The van der Waals surface area contributed by atoms with E-state index in [0.29, 0.717) is 49.7 Å². The van der Waals surface area contributed by atoms with Gasteiger partial charge in [-0.1, -0.05) is 65.1 Å². The first-order valence-electron chi connectivity index (χ1n) is 17.6.